The van der Waals surface area contributed by atoms with E-state index in [9.17, 15) is 0 Å². The topological polar surface area (TPSA) is 60.0 Å². The molecule has 0 atom stereocenters. The smallest absolute Gasteiger partial charge is 0.161 e. The maximum absolute atomic E-state index is 8.72. The molecule has 0 heterocycles. The van der Waals surface area contributed by atoms with E-state index in [0.717, 1.165) is 18.7 Å². The van der Waals surface area contributed by atoms with Crippen LogP contribution in [-0.2, 0) is 11.3 Å². The number of benzene rings is 1. The van der Waals surface area contributed by atoms with Crippen molar-refractivity contribution in [2.24, 2.45) is 0 Å². The van der Waals surface area contributed by atoms with E-state index in [1.807, 2.05) is 18.2 Å². The third-order valence-electron chi connectivity index (χ3n) is 2.39. The van der Waals surface area contributed by atoms with Crippen molar-refractivity contribution in [2.75, 3.05) is 40.6 Å². The van der Waals surface area contributed by atoms with Gasteiger partial charge < -0.3 is 24.6 Å². The Morgan fingerprint density at radius 1 is 1.17 bits per heavy atom. The lowest BCUT2D eigenvalue weighted by molar-refractivity contribution is 0.196. The fourth-order valence-corrected chi connectivity index (χ4v) is 1.50. The summed E-state index contributed by atoms with van der Waals surface area (Å²) in [7, 11) is 3.28. The molecule has 1 aromatic rings. The molecule has 0 aliphatic carbocycles. The van der Waals surface area contributed by atoms with E-state index >= 15 is 0 Å². The molecule has 0 bridgehead atoms. The average Bonchev–Trinajstić information content (AvgIpc) is 2.41. The minimum atomic E-state index is -0.0104. The van der Waals surface area contributed by atoms with Crippen LogP contribution in [0.3, 0.4) is 0 Å². The predicted molar refractivity (Wildman–Crippen MR) is 69.2 cm³/mol. The van der Waals surface area contributed by atoms with Gasteiger partial charge in [-0.2, -0.15) is 0 Å². The molecule has 0 radical (unpaired) electrons. The highest BCUT2D eigenvalue weighted by Gasteiger charge is 2.05. The van der Waals surface area contributed by atoms with E-state index in [-0.39, 0.29) is 13.2 Å². The molecule has 1 aromatic carbocycles. The van der Waals surface area contributed by atoms with Gasteiger partial charge in [0.15, 0.2) is 11.5 Å². The second kappa shape index (κ2) is 8.74. The molecular formula is C13H21NO4. The Hall–Kier alpha value is -1.30. The third kappa shape index (κ3) is 4.91. The molecule has 0 aliphatic rings. The van der Waals surface area contributed by atoms with Crippen molar-refractivity contribution < 1.29 is 19.3 Å². The van der Waals surface area contributed by atoms with E-state index in [1.54, 1.807) is 14.2 Å². The monoisotopic (exact) mass is 255 g/mol. The highest BCUT2D eigenvalue weighted by Crippen LogP contribution is 2.27. The second-order valence-corrected chi connectivity index (χ2v) is 3.73. The molecular weight excluding hydrogens is 234 g/mol. The van der Waals surface area contributed by atoms with Crippen LogP contribution in [0.25, 0.3) is 0 Å². The number of ether oxygens (including phenoxy) is 3. The molecule has 5 nitrogen and oxygen atoms in total. The first kappa shape index (κ1) is 14.8. The summed E-state index contributed by atoms with van der Waals surface area (Å²) >= 11 is 0. The van der Waals surface area contributed by atoms with Gasteiger partial charge in [0.2, 0.25) is 0 Å². The van der Waals surface area contributed by atoms with Gasteiger partial charge >= 0.3 is 0 Å². The Kier molecular flexibility index (Phi) is 7.17. The summed E-state index contributed by atoms with van der Waals surface area (Å²) in [6.45, 7) is 2.50. The molecule has 0 saturated carbocycles. The Bertz CT molecular complexity index is 344. The summed E-state index contributed by atoms with van der Waals surface area (Å²) in [5, 5.41) is 12.0. The van der Waals surface area contributed by atoms with Gasteiger partial charge in [0, 0.05) is 20.2 Å². The number of aliphatic hydroxyl groups is 1. The Morgan fingerprint density at radius 2 is 2.00 bits per heavy atom. The van der Waals surface area contributed by atoms with Crippen LogP contribution in [0.4, 0.5) is 0 Å². The fourth-order valence-electron chi connectivity index (χ4n) is 1.50. The molecule has 0 amide bonds. The van der Waals surface area contributed by atoms with Crippen LogP contribution in [0.1, 0.15) is 5.56 Å². The normalized spacial score (nSPS) is 10.4. The first-order valence-electron chi connectivity index (χ1n) is 5.92. The Labute approximate surface area is 108 Å². The second-order valence-electron chi connectivity index (χ2n) is 3.73. The zero-order valence-electron chi connectivity index (χ0n) is 10.9. The van der Waals surface area contributed by atoms with Gasteiger partial charge in [0.25, 0.3) is 0 Å². The molecule has 0 aromatic heterocycles. The summed E-state index contributed by atoms with van der Waals surface area (Å²) in [5.74, 6) is 1.32. The molecule has 0 saturated heterocycles. The third-order valence-corrected chi connectivity index (χ3v) is 2.39. The van der Waals surface area contributed by atoms with Crippen LogP contribution in [0.15, 0.2) is 18.2 Å². The quantitative estimate of drug-likeness (QED) is 0.639. The summed E-state index contributed by atoms with van der Waals surface area (Å²) < 4.78 is 15.6. The van der Waals surface area contributed by atoms with Crippen molar-refractivity contribution >= 4 is 0 Å². The standard InChI is InChI=1S/C13H21NO4/c1-16-7-5-14-10-11-3-4-12(18-8-6-15)13(9-11)17-2/h3-4,9,14-15H,5-8,10H2,1-2H3. The van der Waals surface area contributed by atoms with Crippen LogP contribution < -0.4 is 14.8 Å². The van der Waals surface area contributed by atoms with Gasteiger partial charge in [-0.25, -0.2) is 0 Å². The number of nitrogens with one attached hydrogen (secondary N) is 1. The van der Waals surface area contributed by atoms with Gasteiger partial charge in [-0.05, 0) is 17.7 Å². The Balaban J connectivity index is 2.55. The zero-order valence-corrected chi connectivity index (χ0v) is 10.9. The minimum absolute atomic E-state index is 0.0104. The number of hydrogen-bond acceptors (Lipinski definition) is 5. The van der Waals surface area contributed by atoms with Crippen LogP contribution in [0.2, 0.25) is 0 Å². The van der Waals surface area contributed by atoms with Crippen LogP contribution >= 0.6 is 0 Å². The number of methoxy groups -OCH3 is 2. The molecule has 2 N–H and O–H groups in total. The van der Waals surface area contributed by atoms with Gasteiger partial charge in [-0.3, -0.25) is 0 Å². The molecule has 0 aliphatic heterocycles. The zero-order chi connectivity index (χ0) is 13.2. The lowest BCUT2D eigenvalue weighted by atomic mass is 10.2. The van der Waals surface area contributed by atoms with Crippen LogP contribution in [-0.4, -0.2) is 45.7 Å². The van der Waals surface area contributed by atoms with Gasteiger partial charge in [-0.1, -0.05) is 6.07 Å². The minimum Gasteiger partial charge on any atom is -0.493 e. The molecule has 102 valence electrons. The van der Waals surface area contributed by atoms with Gasteiger partial charge in [0.1, 0.15) is 6.61 Å². The van der Waals surface area contributed by atoms with Crippen molar-refractivity contribution in [1.29, 1.82) is 0 Å². The van der Waals surface area contributed by atoms with Crippen molar-refractivity contribution in [2.45, 2.75) is 6.54 Å². The molecule has 5 heteroatoms. The molecule has 0 fully saturated rings. The molecule has 1 rings (SSSR count). The fraction of sp³-hybridized carbons (Fsp3) is 0.538. The van der Waals surface area contributed by atoms with E-state index in [1.165, 1.54) is 0 Å². The highest BCUT2D eigenvalue weighted by atomic mass is 16.5. The summed E-state index contributed by atoms with van der Waals surface area (Å²) in [6.07, 6.45) is 0. The molecule has 0 spiro atoms. The first-order valence-corrected chi connectivity index (χ1v) is 5.92. The summed E-state index contributed by atoms with van der Waals surface area (Å²) in [5.41, 5.74) is 1.11. The number of hydrogen-bond donors (Lipinski definition) is 2. The number of aliphatic hydroxyl groups excluding tert-OH is 1. The average molecular weight is 255 g/mol. The van der Waals surface area contributed by atoms with E-state index in [0.29, 0.717) is 18.1 Å². The van der Waals surface area contributed by atoms with Crippen molar-refractivity contribution in [3.63, 3.8) is 0 Å². The lowest BCUT2D eigenvalue weighted by Crippen LogP contribution is -2.18. The van der Waals surface area contributed by atoms with Crippen LogP contribution in [0.5, 0.6) is 11.5 Å². The van der Waals surface area contributed by atoms with E-state index < -0.39 is 0 Å². The largest absolute Gasteiger partial charge is 0.493 e. The van der Waals surface area contributed by atoms with Crippen molar-refractivity contribution in [3.8, 4) is 11.5 Å². The molecule has 0 unspecified atom stereocenters. The van der Waals surface area contributed by atoms with Gasteiger partial charge in [-0.15, -0.1) is 0 Å². The maximum atomic E-state index is 8.72. The lowest BCUT2D eigenvalue weighted by Gasteiger charge is -2.12. The Morgan fingerprint density at radius 3 is 2.67 bits per heavy atom. The predicted octanol–water partition coefficient (Wildman–Crippen LogP) is 0.802. The maximum Gasteiger partial charge on any atom is 0.161 e. The highest BCUT2D eigenvalue weighted by molar-refractivity contribution is 5.42. The van der Waals surface area contributed by atoms with E-state index in [2.05, 4.69) is 5.32 Å². The van der Waals surface area contributed by atoms with Crippen molar-refractivity contribution in [1.82, 2.24) is 5.32 Å². The summed E-state index contributed by atoms with van der Waals surface area (Å²) in [6, 6.07) is 5.74. The van der Waals surface area contributed by atoms with E-state index in [4.69, 9.17) is 19.3 Å². The van der Waals surface area contributed by atoms with Crippen LogP contribution in [0, 0.1) is 0 Å². The SMILES string of the molecule is COCCNCc1ccc(OCCO)c(OC)c1. The first-order chi connectivity index (χ1) is 8.81. The number of rotatable bonds is 9. The summed E-state index contributed by atoms with van der Waals surface area (Å²) in [4.78, 5) is 0. The van der Waals surface area contributed by atoms with Gasteiger partial charge in [0.05, 0.1) is 20.3 Å². The molecule has 18 heavy (non-hydrogen) atoms. The van der Waals surface area contributed by atoms with Crippen molar-refractivity contribution in [3.05, 3.63) is 23.8 Å².